The van der Waals surface area contributed by atoms with E-state index in [9.17, 15) is 0 Å². The Morgan fingerprint density at radius 3 is 2.88 bits per heavy atom. The summed E-state index contributed by atoms with van der Waals surface area (Å²) in [6.45, 7) is 1.76. The number of aromatic nitrogens is 3. The van der Waals surface area contributed by atoms with Crippen molar-refractivity contribution in [2.45, 2.75) is 18.0 Å². The molecule has 1 aliphatic heterocycles. The number of thioether (sulfide) groups is 1. The molecule has 6 heteroatoms. The summed E-state index contributed by atoms with van der Waals surface area (Å²) >= 11 is 5.43. The van der Waals surface area contributed by atoms with Crippen molar-refractivity contribution in [2.24, 2.45) is 12.5 Å². The molecule has 0 aromatic carbocycles. The third kappa shape index (κ3) is 2.78. The number of ether oxygens (including phenoxy) is 1. The summed E-state index contributed by atoms with van der Waals surface area (Å²) in [5.41, 5.74) is 0.356. The van der Waals surface area contributed by atoms with E-state index in [1.54, 1.807) is 18.1 Å². The fourth-order valence-corrected chi connectivity index (χ4v) is 3.94. The Morgan fingerprint density at radius 1 is 1.56 bits per heavy atom. The normalized spacial score (nSPS) is 19.9. The van der Waals surface area contributed by atoms with E-state index < -0.39 is 0 Å². The first-order chi connectivity index (χ1) is 7.76. The summed E-state index contributed by atoms with van der Waals surface area (Å²) in [5.74, 6) is 1.08. The number of alkyl halides is 1. The van der Waals surface area contributed by atoms with Crippen LogP contribution in [0.1, 0.15) is 12.8 Å². The van der Waals surface area contributed by atoms with Crippen LogP contribution in [0, 0.1) is 5.41 Å². The van der Waals surface area contributed by atoms with Gasteiger partial charge in [0.05, 0.1) is 0 Å². The molecule has 0 unspecified atom stereocenters. The highest BCUT2D eigenvalue weighted by atomic mass is 79.9. The molecule has 0 spiro atoms. The average molecular weight is 306 g/mol. The second kappa shape index (κ2) is 5.51. The minimum Gasteiger partial charge on any atom is -0.381 e. The second-order valence-electron chi connectivity index (χ2n) is 4.26. The smallest absolute Gasteiger partial charge is 0.190 e. The molecule has 0 radical (unpaired) electrons. The van der Waals surface area contributed by atoms with Gasteiger partial charge < -0.3 is 9.30 Å². The zero-order valence-corrected chi connectivity index (χ0v) is 11.8. The second-order valence-corrected chi connectivity index (χ2v) is 5.76. The topological polar surface area (TPSA) is 39.9 Å². The van der Waals surface area contributed by atoms with Crippen LogP contribution in [-0.4, -0.2) is 39.1 Å². The molecule has 2 rings (SSSR count). The zero-order valence-electron chi connectivity index (χ0n) is 9.36. The van der Waals surface area contributed by atoms with Crippen LogP contribution in [0.3, 0.4) is 0 Å². The molecule has 0 N–H and O–H groups in total. The summed E-state index contributed by atoms with van der Waals surface area (Å²) in [6.07, 6.45) is 4.00. The van der Waals surface area contributed by atoms with Gasteiger partial charge in [0, 0.05) is 31.3 Å². The maximum absolute atomic E-state index is 5.42. The van der Waals surface area contributed by atoms with Crippen molar-refractivity contribution < 1.29 is 4.74 Å². The maximum Gasteiger partial charge on any atom is 0.190 e. The van der Waals surface area contributed by atoms with Crippen molar-refractivity contribution in [3.05, 3.63) is 6.33 Å². The van der Waals surface area contributed by atoms with E-state index in [0.717, 1.165) is 42.3 Å². The predicted octanol–water partition coefficient (Wildman–Crippen LogP) is 2.10. The Hall–Kier alpha value is -0.0700. The van der Waals surface area contributed by atoms with Crippen molar-refractivity contribution in [2.75, 3.05) is 24.3 Å². The highest BCUT2D eigenvalue weighted by Gasteiger charge is 2.32. The van der Waals surface area contributed by atoms with Crippen molar-refractivity contribution in [1.82, 2.24) is 14.8 Å². The molecule has 2 heterocycles. The molecular weight excluding hydrogens is 290 g/mol. The standard InChI is InChI=1S/C10H16BrN3OS/c1-14-8-12-13-9(14)16-7-10(6-11)2-4-15-5-3-10/h8H,2-7H2,1H3. The van der Waals surface area contributed by atoms with E-state index in [0.29, 0.717) is 5.41 Å². The van der Waals surface area contributed by atoms with Gasteiger partial charge in [-0.25, -0.2) is 0 Å². The Balaban J connectivity index is 1.94. The van der Waals surface area contributed by atoms with Crippen LogP contribution in [0.4, 0.5) is 0 Å². The molecule has 0 saturated carbocycles. The van der Waals surface area contributed by atoms with Crippen LogP contribution < -0.4 is 0 Å². The van der Waals surface area contributed by atoms with E-state index >= 15 is 0 Å². The molecule has 4 nitrogen and oxygen atoms in total. The van der Waals surface area contributed by atoms with Gasteiger partial charge >= 0.3 is 0 Å². The van der Waals surface area contributed by atoms with E-state index in [1.165, 1.54) is 0 Å². The van der Waals surface area contributed by atoms with Gasteiger partial charge in [0.2, 0.25) is 0 Å². The van der Waals surface area contributed by atoms with Crippen LogP contribution in [-0.2, 0) is 11.8 Å². The molecule has 1 aromatic heterocycles. The summed E-state index contributed by atoms with van der Waals surface area (Å²) in [4.78, 5) is 0. The molecule has 16 heavy (non-hydrogen) atoms. The molecule has 1 saturated heterocycles. The van der Waals surface area contributed by atoms with E-state index in [2.05, 4.69) is 26.1 Å². The summed E-state index contributed by atoms with van der Waals surface area (Å²) in [5, 5.41) is 10.0. The maximum atomic E-state index is 5.42. The summed E-state index contributed by atoms with van der Waals surface area (Å²) < 4.78 is 7.39. The van der Waals surface area contributed by atoms with Gasteiger partial charge in [0.1, 0.15) is 6.33 Å². The molecule has 0 atom stereocenters. The minimum atomic E-state index is 0.356. The van der Waals surface area contributed by atoms with E-state index in [4.69, 9.17) is 4.74 Å². The number of halogens is 1. The Morgan fingerprint density at radius 2 is 2.31 bits per heavy atom. The molecule has 0 bridgehead atoms. The number of nitrogens with zero attached hydrogens (tertiary/aromatic N) is 3. The van der Waals surface area contributed by atoms with E-state index in [1.807, 2.05) is 11.6 Å². The molecule has 1 aromatic rings. The average Bonchev–Trinajstić information content (AvgIpc) is 2.74. The molecule has 0 amide bonds. The van der Waals surface area contributed by atoms with Gasteiger partial charge in [0.15, 0.2) is 5.16 Å². The van der Waals surface area contributed by atoms with Gasteiger partial charge in [0.25, 0.3) is 0 Å². The summed E-state index contributed by atoms with van der Waals surface area (Å²) in [7, 11) is 1.98. The van der Waals surface area contributed by atoms with E-state index in [-0.39, 0.29) is 0 Å². The number of aryl methyl sites for hydroxylation is 1. The fraction of sp³-hybridized carbons (Fsp3) is 0.800. The third-order valence-corrected chi connectivity index (χ3v) is 5.59. The van der Waals surface area contributed by atoms with Crippen molar-refractivity contribution >= 4 is 27.7 Å². The van der Waals surface area contributed by atoms with Crippen molar-refractivity contribution in [3.8, 4) is 0 Å². The highest BCUT2D eigenvalue weighted by molar-refractivity contribution is 9.09. The van der Waals surface area contributed by atoms with Crippen LogP contribution in [0.15, 0.2) is 11.5 Å². The van der Waals surface area contributed by atoms with Gasteiger partial charge in [-0.05, 0) is 18.3 Å². The number of hydrogen-bond acceptors (Lipinski definition) is 4. The van der Waals surface area contributed by atoms with Crippen LogP contribution in [0.25, 0.3) is 0 Å². The monoisotopic (exact) mass is 305 g/mol. The number of hydrogen-bond donors (Lipinski definition) is 0. The van der Waals surface area contributed by atoms with Gasteiger partial charge in [-0.2, -0.15) is 0 Å². The van der Waals surface area contributed by atoms with Gasteiger partial charge in [-0.3, -0.25) is 0 Å². The minimum absolute atomic E-state index is 0.356. The first kappa shape index (κ1) is 12.4. The Labute approximate surface area is 108 Å². The third-order valence-electron chi connectivity index (χ3n) is 3.01. The molecule has 0 aliphatic carbocycles. The van der Waals surface area contributed by atoms with Gasteiger partial charge in [-0.1, -0.05) is 27.7 Å². The first-order valence-electron chi connectivity index (χ1n) is 5.36. The van der Waals surface area contributed by atoms with Gasteiger partial charge in [-0.15, -0.1) is 10.2 Å². The quantitative estimate of drug-likeness (QED) is 0.631. The van der Waals surface area contributed by atoms with Crippen molar-refractivity contribution in [1.29, 1.82) is 0 Å². The lowest BCUT2D eigenvalue weighted by atomic mass is 9.85. The molecule has 1 aliphatic rings. The lowest BCUT2D eigenvalue weighted by Crippen LogP contribution is -2.33. The van der Waals surface area contributed by atoms with Crippen LogP contribution >= 0.6 is 27.7 Å². The van der Waals surface area contributed by atoms with Crippen LogP contribution in [0.2, 0.25) is 0 Å². The molecular formula is C10H16BrN3OS. The molecule has 1 fully saturated rings. The van der Waals surface area contributed by atoms with Crippen molar-refractivity contribution in [3.63, 3.8) is 0 Å². The summed E-state index contributed by atoms with van der Waals surface area (Å²) in [6, 6.07) is 0. The lowest BCUT2D eigenvalue weighted by molar-refractivity contribution is 0.0374. The highest BCUT2D eigenvalue weighted by Crippen LogP contribution is 2.37. The fourth-order valence-electron chi connectivity index (χ4n) is 1.74. The first-order valence-corrected chi connectivity index (χ1v) is 7.47. The number of rotatable bonds is 4. The Kier molecular flexibility index (Phi) is 4.27. The SMILES string of the molecule is Cn1cnnc1SCC1(CBr)CCOCC1. The molecule has 90 valence electrons. The Bertz CT molecular complexity index is 339. The zero-order chi connectivity index (χ0) is 11.4. The largest absolute Gasteiger partial charge is 0.381 e. The van der Waals surface area contributed by atoms with Crippen LogP contribution in [0.5, 0.6) is 0 Å². The lowest BCUT2D eigenvalue weighted by Gasteiger charge is -2.35. The predicted molar refractivity (Wildman–Crippen MR) is 68.0 cm³/mol.